The first-order valence-electron chi connectivity index (χ1n) is 6.90. The second-order valence-electron chi connectivity index (χ2n) is 5.10. The lowest BCUT2D eigenvalue weighted by Crippen LogP contribution is -2.30. The number of aryl methyl sites for hydroxylation is 1. The van der Waals surface area contributed by atoms with Crippen molar-refractivity contribution in [1.82, 2.24) is 4.90 Å². The van der Waals surface area contributed by atoms with Gasteiger partial charge >= 0.3 is 0 Å². The maximum atomic E-state index is 12.1. The Labute approximate surface area is 123 Å². The van der Waals surface area contributed by atoms with Crippen LogP contribution in [-0.4, -0.2) is 23.9 Å². The zero-order chi connectivity index (χ0) is 13.7. The number of likely N-dealkylation sites (tertiary alicyclic amines) is 1. The molecule has 1 amide bonds. The number of hydrogen-bond donors (Lipinski definition) is 0. The molecule has 0 atom stereocenters. The number of amides is 1. The molecule has 2 nitrogen and oxygen atoms in total. The molecule has 1 saturated heterocycles. The highest BCUT2D eigenvalue weighted by Gasteiger charge is 2.12. The number of carbonyl (C=O) groups is 1. The van der Waals surface area contributed by atoms with E-state index in [1.165, 1.54) is 18.4 Å². The second-order valence-corrected chi connectivity index (χ2v) is 5.95. The van der Waals surface area contributed by atoms with Crippen molar-refractivity contribution in [1.29, 1.82) is 0 Å². The van der Waals surface area contributed by atoms with Gasteiger partial charge < -0.3 is 4.90 Å². The Bertz CT molecular complexity index is 474. The molecule has 0 bridgehead atoms. The number of halogens is 1. The lowest BCUT2D eigenvalue weighted by atomic mass is 10.1. The molecule has 0 aliphatic carbocycles. The summed E-state index contributed by atoms with van der Waals surface area (Å²) >= 11 is 3.53. The Balaban J connectivity index is 2.02. The largest absolute Gasteiger partial charge is 0.339 e. The molecule has 0 aromatic heterocycles. The summed E-state index contributed by atoms with van der Waals surface area (Å²) in [5.74, 6) is 0.134. The van der Waals surface area contributed by atoms with Crippen molar-refractivity contribution in [2.24, 2.45) is 0 Å². The standard InChI is InChI=1S/C16H20BrNO/c1-13-6-7-14(15(17)12-13)8-9-16(19)18-10-4-2-3-5-11-18/h6-9,12H,2-5,10-11H2,1H3. The van der Waals surface area contributed by atoms with E-state index in [9.17, 15) is 4.79 Å². The Kier molecular flexibility index (Phi) is 5.20. The fraction of sp³-hybridized carbons (Fsp3) is 0.438. The monoisotopic (exact) mass is 321 g/mol. The third kappa shape index (κ3) is 4.20. The molecule has 2 rings (SSSR count). The summed E-state index contributed by atoms with van der Waals surface area (Å²) in [5, 5.41) is 0. The SMILES string of the molecule is Cc1ccc(C=CC(=O)N2CCCCCC2)c(Br)c1. The fourth-order valence-corrected chi connectivity index (χ4v) is 2.95. The first kappa shape index (κ1) is 14.3. The minimum Gasteiger partial charge on any atom is -0.339 e. The maximum absolute atomic E-state index is 12.1. The number of benzene rings is 1. The van der Waals surface area contributed by atoms with Gasteiger partial charge in [-0.2, -0.15) is 0 Å². The van der Waals surface area contributed by atoms with Crippen LogP contribution >= 0.6 is 15.9 Å². The van der Waals surface area contributed by atoms with Crippen molar-refractivity contribution in [3.05, 3.63) is 39.9 Å². The lowest BCUT2D eigenvalue weighted by molar-refractivity contribution is -0.125. The number of rotatable bonds is 2. The first-order valence-corrected chi connectivity index (χ1v) is 7.69. The van der Waals surface area contributed by atoms with Crippen LogP contribution in [0, 0.1) is 6.92 Å². The fourth-order valence-electron chi connectivity index (χ4n) is 2.32. The van der Waals surface area contributed by atoms with Gasteiger partial charge in [0.15, 0.2) is 0 Å². The Morgan fingerprint density at radius 3 is 2.53 bits per heavy atom. The minimum atomic E-state index is 0.134. The van der Waals surface area contributed by atoms with E-state index < -0.39 is 0 Å². The van der Waals surface area contributed by atoms with E-state index in [1.807, 2.05) is 17.0 Å². The molecule has 0 unspecified atom stereocenters. The van der Waals surface area contributed by atoms with Gasteiger partial charge in [0.2, 0.25) is 5.91 Å². The molecule has 1 heterocycles. The second kappa shape index (κ2) is 6.90. The van der Waals surface area contributed by atoms with Crippen molar-refractivity contribution in [3.8, 4) is 0 Å². The van der Waals surface area contributed by atoms with Crippen molar-refractivity contribution in [2.45, 2.75) is 32.6 Å². The molecule has 102 valence electrons. The summed E-state index contributed by atoms with van der Waals surface area (Å²) < 4.78 is 1.03. The van der Waals surface area contributed by atoms with Crippen molar-refractivity contribution >= 4 is 27.9 Å². The molecule has 0 saturated carbocycles. The zero-order valence-electron chi connectivity index (χ0n) is 11.4. The van der Waals surface area contributed by atoms with Crippen molar-refractivity contribution in [3.63, 3.8) is 0 Å². The molecule has 0 radical (unpaired) electrons. The summed E-state index contributed by atoms with van der Waals surface area (Å²) in [5.41, 5.74) is 2.26. The van der Waals surface area contributed by atoms with E-state index in [4.69, 9.17) is 0 Å². The van der Waals surface area contributed by atoms with Crippen molar-refractivity contribution in [2.75, 3.05) is 13.1 Å². The Morgan fingerprint density at radius 1 is 1.21 bits per heavy atom. The summed E-state index contributed by atoms with van der Waals surface area (Å²) in [4.78, 5) is 14.1. The van der Waals surface area contributed by atoms with Gasteiger partial charge in [-0.15, -0.1) is 0 Å². The lowest BCUT2D eigenvalue weighted by Gasteiger charge is -2.18. The Morgan fingerprint density at radius 2 is 1.89 bits per heavy atom. The van der Waals surface area contributed by atoms with E-state index >= 15 is 0 Å². The average Bonchev–Trinajstić information content (AvgIpc) is 2.66. The van der Waals surface area contributed by atoms with E-state index in [0.717, 1.165) is 36.0 Å². The number of hydrogen-bond acceptors (Lipinski definition) is 1. The molecule has 1 fully saturated rings. The summed E-state index contributed by atoms with van der Waals surface area (Å²) in [6.07, 6.45) is 8.35. The van der Waals surface area contributed by atoms with Crippen LogP contribution in [0.1, 0.15) is 36.8 Å². The first-order chi connectivity index (χ1) is 9.16. The van der Waals surface area contributed by atoms with Crippen LogP contribution in [0.3, 0.4) is 0 Å². The van der Waals surface area contributed by atoms with Crippen LogP contribution in [0.15, 0.2) is 28.7 Å². The third-order valence-corrected chi connectivity index (χ3v) is 4.17. The predicted octanol–water partition coefficient (Wildman–Crippen LogP) is 4.17. The van der Waals surface area contributed by atoms with Crippen LogP contribution in [0.4, 0.5) is 0 Å². The highest BCUT2D eigenvalue weighted by Crippen LogP contribution is 2.20. The Hall–Kier alpha value is -1.09. The molecule has 3 heteroatoms. The molecule has 19 heavy (non-hydrogen) atoms. The number of carbonyl (C=O) groups excluding carboxylic acids is 1. The van der Waals surface area contributed by atoms with Gasteiger partial charge in [0, 0.05) is 23.6 Å². The van der Waals surface area contributed by atoms with E-state index in [-0.39, 0.29) is 5.91 Å². The summed E-state index contributed by atoms with van der Waals surface area (Å²) in [7, 11) is 0. The van der Waals surface area contributed by atoms with Crippen LogP contribution in [0.2, 0.25) is 0 Å². The van der Waals surface area contributed by atoms with Gasteiger partial charge in [0.1, 0.15) is 0 Å². The zero-order valence-corrected chi connectivity index (χ0v) is 12.9. The maximum Gasteiger partial charge on any atom is 0.246 e. The number of nitrogens with zero attached hydrogens (tertiary/aromatic N) is 1. The molecule has 1 aromatic carbocycles. The van der Waals surface area contributed by atoms with Crippen LogP contribution in [0.5, 0.6) is 0 Å². The molecule has 1 aliphatic rings. The quantitative estimate of drug-likeness (QED) is 0.748. The average molecular weight is 322 g/mol. The highest BCUT2D eigenvalue weighted by molar-refractivity contribution is 9.10. The van der Waals surface area contributed by atoms with E-state index in [0.29, 0.717) is 0 Å². The smallest absolute Gasteiger partial charge is 0.246 e. The van der Waals surface area contributed by atoms with Gasteiger partial charge in [-0.25, -0.2) is 0 Å². The predicted molar refractivity (Wildman–Crippen MR) is 83.0 cm³/mol. The molecule has 0 spiro atoms. The van der Waals surface area contributed by atoms with Gasteiger partial charge in [-0.3, -0.25) is 4.79 Å². The molecule has 0 N–H and O–H groups in total. The van der Waals surface area contributed by atoms with E-state index in [1.54, 1.807) is 6.08 Å². The van der Waals surface area contributed by atoms with Gasteiger partial charge in [0.25, 0.3) is 0 Å². The normalized spacial score (nSPS) is 16.6. The van der Waals surface area contributed by atoms with Crippen molar-refractivity contribution < 1.29 is 4.79 Å². The molecule has 1 aliphatic heterocycles. The van der Waals surface area contributed by atoms with Crippen LogP contribution < -0.4 is 0 Å². The van der Waals surface area contributed by atoms with Gasteiger partial charge in [-0.1, -0.05) is 40.9 Å². The van der Waals surface area contributed by atoms with Gasteiger partial charge in [0.05, 0.1) is 0 Å². The molecular formula is C16H20BrNO. The summed E-state index contributed by atoms with van der Waals surface area (Å²) in [6, 6.07) is 6.16. The molecule has 1 aromatic rings. The molecular weight excluding hydrogens is 302 g/mol. The van der Waals surface area contributed by atoms with Crippen LogP contribution in [-0.2, 0) is 4.79 Å². The highest BCUT2D eigenvalue weighted by atomic mass is 79.9. The summed E-state index contributed by atoms with van der Waals surface area (Å²) in [6.45, 7) is 3.86. The minimum absolute atomic E-state index is 0.134. The topological polar surface area (TPSA) is 20.3 Å². The van der Waals surface area contributed by atoms with Crippen LogP contribution in [0.25, 0.3) is 6.08 Å². The van der Waals surface area contributed by atoms with Gasteiger partial charge in [-0.05, 0) is 43.0 Å². The third-order valence-electron chi connectivity index (χ3n) is 3.48. The van der Waals surface area contributed by atoms with E-state index in [2.05, 4.69) is 35.0 Å².